The van der Waals surface area contributed by atoms with Crippen LogP contribution in [-0.2, 0) is 0 Å². The molecule has 2 N–H and O–H groups in total. The molecular weight excluding hydrogens is 225 g/mol. The molecule has 1 atom stereocenters. The first kappa shape index (κ1) is 13.5. The van der Waals surface area contributed by atoms with Gasteiger partial charge in [0, 0.05) is 6.04 Å². The van der Waals surface area contributed by atoms with Crippen LogP contribution in [-0.4, -0.2) is 0 Å². The lowest BCUT2D eigenvalue weighted by Gasteiger charge is -2.21. The Morgan fingerprint density at radius 2 is 1.94 bits per heavy atom. The summed E-state index contributed by atoms with van der Waals surface area (Å²) in [4.78, 5) is 0. The van der Waals surface area contributed by atoms with E-state index in [0.29, 0.717) is 5.92 Å². The number of halogens is 2. The maximum absolute atomic E-state index is 13.1. The highest BCUT2D eigenvalue weighted by atomic mass is 35.5. The molecule has 1 aliphatic rings. The van der Waals surface area contributed by atoms with Gasteiger partial charge in [-0.05, 0) is 48.9 Å². The highest BCUT2D eigenvalue weighted by Gasteiger charge is 2.24. The second kappa shape index (κ2) is 5.65. The smallest absolute Gasteiger partial charge is 0.123 e. The van der Waals surface area contributed by atoms with E-state index in [0.717, 1.165) is 11.1 Å². The summed E-state index contributed by atoms with van der Waals surface area (Å²) in [6.45, 7) is 2.00. The van der Waals surface area contributed by atoms with Crippen LogP contribution in [0.5, 0.6) is 0 Å². The molecule has 1 aromatic rings. The van der Waals surface area contributed by atoms with Crippen molar-refractivity contribution in [1.29, 1.82) is 0 Å². The standard InChI is InChI=1S/C13H18FN.ClH/c1-9-6-7-11(14)8-12(9)13(15)10-4-2-3-5-10;/h6-8,10,13H,2-5,15H2,1H3;1H/t13-;/m0./s1. The van der Waals surface area contributed by atoms with Gasteiger partial charge in [-0.15, -0.1) is 12.4 Å². The predicted molar refractivity (Wildman–Crippen MR) is 67.3 cm³/mol. The van der Waals surface area contributed by atoms with Crippen molar-refractivity contribution in [2.24, 2.45) is 11.7 Å². The fourth-order valence-electron chi connectivity index (χ4n) is 2.54. The average molecular weight is 244 g/mol. The third-order valence-corrected chi connectivity index (χ3v) is 3.51. The summed E-state index contributed by atoms with van der Waals surface area (Å²) in [5, 5.41) is 0. The Labute approximate surface area is 103 Å². The van der Waals surface area contributed by atoms with Crippen LogP contribution >= 0.6 is 12.4 Å². The number of benzene rings is 1. The second-order valence-electron chi connectivity index (χ2n) is 4.57. The Kier molecular flexibility index (Phi) is 4.75. The van der Waals surface area contributed by atoms with Crippen molar-refractivity contribution in [3.63, 3.8) is 0 Å². The molecule has 0 saturated heterocycles. The van der Waals surface area contributed by atoms with Crippen molar-refractivity contribution in [2.45, 2.75) is 38.6 Å². The number of hydrogen-bond acceptors (Lipinski definition) is 1. The highest BCUT2D eigenvalue weighted by Crippen LogP contribution is 2.35. The van der Waals surface area contributed by atoms with Gasteiger partial charge in [0.1, 0.15) is 5.82 Å². The molecule has 0 aromatic heterocycles. The summed E-state index contributed by atoms with van der Waals surface area (Å²) in [5.74, 6) is 0.370. The van der Waals surface area contributed by atoms with E-state index in [-0.39, 0.29) is 24.3 Å². The van der Waals surface area contributed by atoms with Crippen molar-refractivity contribution < 1.29 is 4.39 Å². The maximum Gasteiger partial charge on any atom is 0.123 e. The van der Waals surface area contributed by atoms with E-state index in [1.54, 1.807) is 6.07 Å². The summed E-state index contributed by atoms with van der Waals surface area (Å²) < 4.78 is 13.1. The van der Waals surface area contributed by atoms with Gasteiger partial charge in [-0.2, -0.15) is 0 Å². The van der Waals surface area contributed by atoms with Crippen LogP contribution in [0.2, 0.25) is 0 Å². The molecular formula is C13H19ClFN. The fraction of sp³-hybridized carbons (Fsp3) is 0.538. The van der Waals surface area contributed by atoms with E-state index < -0.39 is 0 Å². The minimum absolute atomic E-state index is 0. The number of hydrogen-bond donors (Lipinski definition) is 1. The summed E-state index contributed by atoms with van der Waals surface area (Å²) in [6, 6.07) is 4.93. The van der Waals surface area contributed by atoms with Crippen LogP contribution in [0.4, 0.5) is 4.39 Å². The molecule has 0 radical (unpaired) electrons. The zero-order valence-corrected chi connectivity index (χ0v) is 10.4. The lowest BCUT2D eigenvalue weighted by Crippen LogP contribution is -2.20. The maximum atomic E-state index is 13.1. The summed E-state index contributed by atoms with van der Waals surface area (Å²) >= 11 is 0. The minimum Gasteiger partial charge on any atom is -0.324 e. The second-order valence-corrected chi connectivity index (χ2v) is 4.57. The van der Waals surface area contributed by atoms with Gasteiger partial charge in [-0.1, -0.05) is 18.9 Å². The Morgan fingerprint density at radius 1 is 1.31 bits per heavy atom. The van der Waals surface area contributed by atoms with E-state index >= 15 is 0 Å². The van der Waals surface area contributed by atoms with Crippen LogP contribution < -0.4 is 5.73 Å². The third-order valence-electron chi connectivity index (χ3n) is 3.51. The zero-order chi connectivity index (χ0) is 10.8. The number of rotatable bonds is 2. The van der Waals surface area contributed by atoms with Crippen molar-refractivity contribution in [2.75, 3.05) is 0 Å². The third kappa shape index (κ3) is 2.74. The van der Waals surface area contributed by atoms with Gasteiger partial charge in [-0.25, -0.2) is 4.39 Å². The Bertz CT molecular complexity index is 348. The van der Waals surface area contributed by atoms with Gasteiger partial charge in [-0.3, -0.25) is 0 Å². The predicted octanol–water partition coefficient (Wildman–Crippen LogP) is 3.75. The van der Waals surface area contributed by atoms with Crippen molar-refractivity contribution >= 4 is 12.4 Å². The molecule has 1 saturated carbocycles. The van der Waals surface area contributed by atoms with Crippen LogP contribution in [0.15, 0.2) is 18.2 Å². The molecule has 0 bridgehead atoms. The first-order valence-corrected chi connectivity index (χ1v) is 5.70. The van der Waals surface area contributed by atoms with Gasteiger partial charge < -0.3 is 5.73 Å². The molecule has 1 nitrogen and oxygen atoms in total. The van der Waals surface area contributed by atoms with E-state index in [1.807, 2.05) is 13.0 Å². The average Bonchev–Trinajstić information content (AvgIpc) is 2.74. The largest absolute Gasteiger partial charge is 0.324 e. The molecule has 0 amide bonds. The van der Waals surface area contributed by atoms with Gasteiger partial charge in [0.15, 0.2) is 0 Å². The lowest BCUT2D eigenvalue weighted by atomic mass is 9.90. The molecule has 0 spiro atoms. The highest BCUT2D eigenvalue weighted by molar-refractivity contribution is 5.85. The van der Waals surface area contributed by atoms with E-state index in [2.05, 4.69) is 0 Å². The Balaban J connectivity index is 0.00000128. The summed E-state index contributed by atoms with van der Waals surface area (Å²) in [6.07, 6.45) is 4.92. The SMILES string of the molecule is Cc1ccc(F)cc1[C@@H](N)C1CCCC1.Cl. The van der Waals surface area contributed by atoms with E-state index in [1.165, 1.54) is 31.7 Å². The van der Waals surface area contributed by atoms with Crippen LogP contribution in [0.3, 0.4) is 0 Å². The van der Waals surface area contributed by atoms with E-state index in [4.69, 9.17) is 5.73 Å². The normalized spacial score (nSPS) is 18.2. The molecule has 2 rings (SSSR count). The van der Waals surface area contributed by atoms with Gasteiger partial charge >= 0.3 is 0 Å². The van der Waals surface area contributed by atoms with Crippen LogP contribution in [0, 0.1) is 18.7 Å². The molecule has 1 aromatic carbocycles. The lowest BCUT2D eigenvalue weighted by molar-refractivity contribution is 0.441. The number of nitrogens with two attached hydrogens (primary N) is 1. The van der Waals surface area contributed by atoms with E-state index in [9.17, 15) is 4.39 Å². The van der Waals surface area contributed by atoms with Gasteiger partial charge in [0.25, 0.3) is 0 Å². The molecule has 0 heterocycles. The molecule has 90 valence electrons. The molecule has 0 unspecified atom stereocenters. The molecule has 3 heteroatoms. The van der Waals surface area contributed by atoms with Gasteiger partial charge in [0.05, 0.1) is 0 Å². The topological polar surface area (TPSA) is 26.0 Å². The summed E-state index contributed by atoms with van der Waals surface area (Å²) in [5.41, 5.74) is 8.30. The molecule has 16 heavy (non-hydrogen) atoms. The first-order valence-electron chi connectivity index (χ1n) is 5.70. The van der Waals surface area contributed by atoms with Crippen LogP contribution in [0.25, 0.3) is 0 Å². The Hall–Kier alpha value is -0.600. The monoisotopic (exact) mass is 243 g/mol. The van der Waals surface area contributed by atoms with Crippen molar-refractivity contribution in [3.8, 4) is 0 Å². The van der Waals surface area contributed by atoms with Crippen molar-refractivity contribution in [1.82, 2.24) is 0 Å². The Morgan fingerprint density at radius 3 is 2.56 bits per heavy atom. The fourth-order valence-corrected chi connectivity index (χ4v) is 2.54. The number of aryl methyl sites for hydroxylation is 1. The molecule has 0 aliphatic heterocycles. The molecule has 1 fully saturated rings. The molecule has 1 aliphatic carbocycles. The van der Waals surface area contributed by atoms with Crippen LogP contribution in [0.1, 0.15) is 42.9 Å². The summed E-state index contributed by atoms with van der Waals surface area (Å²) in [7, 11) is 0. The quantitative estimate of drug-likeness (QED) is 0.841. The zero-order valence-electron chi connectivity index (χ0n) is 9.58. The minimum atomic E-state index is -0.177. The van der Waals surface area contributed by atoms with Crippen molar-refractivity contribution in [3.05, 3.63) is 35.1 Å². The first-order chi connectivity index (χ1) is 7.18. The van der Waals surface area contributed by atoms with Gasteiger partial charge in [0.2, 0.25) is 0 Å².